The number of piperidine rings is 1. The number of β-amino-alcohol motifs (C(OH)–C–C–N with tert-alkyl or cyclic N) is 1. The molecule has 1 unspecified atom stereocenters. The van der Waals surface area contributed by atoms with Gasteiger partial charge < -0.3 is 25.5 Å². The number of piperazine rings is 1. The molecule has 0 bridgehead atoms. The average molecular weight is 1040 g/mol. The van der Waals surface area contributed by atoms with Crippen molar-refractivity contribution in [1.82, 2.24) is 50.0 Å². The van der Waals surface area contributed by atoms with Gasteiger partial charge in [0.15, 0.2) is 5.82 Å². The van der Waals surface area contributed by atoms with Crippen LogP contribution < -0.4 is 10.6 Å². The Balaban J connectivity index is 0.766. The molecule has 3 saturated heterocycles. The largest absolute Gasteiger partial charge is 0.391 e. The number of amides is 4. The molecule has 4 amide bonds. The highest BCUT2D eigenvalue weighted by atomic mass is 35.5. The minimum atomic E-state index is -0.913. The number of thiophene rings is 1. The van der Waals surface area contributed by atoms with Crippen molar-refractivity contribution in [1.29, 1.82) is 0 Å². The van der Waals surface area contributed by atoms with Crippen molar-refractivity contribution in [3.8, 4) is 15.4 Å². The summed E-state index contributed by atoms with van der Waals surface area (Å²) in [7, 11) is 0. The van der Waals surface area contributed by atoms with Crippen molar-refractivity contribution in [2.45, 2.75) is 117 Å². The Morgan fingerprint density at radius 2 is 1.57 bits per heavy atom. The zero-order valence-corrected chi connectivity index (χ0v) is 44.8. The van der Waals surface area contributed by atoms with E-state index in [9.17, 15) is 24.3 Å². The van der Waals surface area contributed by atoms with Crippen LogP contribution >= 0.6 is 34.3 Å². The molecule has 3 N–H and O–H groups in total. The van der Waals surface area contributed by atoms with Crippen LogP contribution in [-0.2, 0) is 19.2 Å². The van der Waals surface area contributed by atoms with Gasteiger partial charge in [-0.25, -0.2) is 4.98 Å². The first kappa shape index (κ1) is 51.5. The van der Waals surface area contributed by atoms with Crippen LogP contribution in [0, 0.1) is 33.1 Å². The standard InChI is InChI=1S/C53H66ClN11O5S2/c1-30-33(4)72-52-45(30)46(36-13-15-38(54)16-14-36)57-41(49-60-59-34(5)65(49)52)26-44(68)63-19-17-39(18-20-63)62-23-21-61(22-24-62)28-43(67)58-48(53(6,7)8)51(70)64-27-40(66)25-42(64)50(69)56-31(2)35-9-11-37(12-10-35)47-32(3)55-29-71-47/h9-16,29,31,39-42,48,66H,17-28H2,1-8H3,(H,56,69)(H,58,67)/t31?,40-,41+,42+,48-/m1/s1. The molecule has 9 rings (SSSR count). The van der Waals surface area contributed by atoms with E-state index in [2.05, 4.69) is 54.0 Å². The van der Waals surface area contributed by atoms with E-state index in [0.29, 0.717) is 43.1 Å². The monoisotopic (exact) mass is 1040 g/mol. The highest BCUT2D eigenvalue weighted by molar-refractivity contribution is 7.15. The lowest BCUT2D eigenvalue weighted by Crippen LogP contribution is -2.59. The third-order valence-corrected chi connectivity index (χ3v) is 17.3. The highest BCUT2D eigenvalue weighted by Crippen LogP contribution is 2.40. The molecular formula is C53H66ClN11O5S2. The van der Waals surface area contributed by atoms with Gasteiger partial charge in [-0.05, 0) is 81.7 Å². The summed E-state index contributed by atoms with van der Waals surface area (Å²) in [6, 6.07) is 13.4. The molecule has 0 radical (unpaired) electrons. The zero-order valence-electron chi connectivity index (χ0n) is 42.4. The van der Waals surface area contributed by atoms with Crippen LogP contribution in [0.3, 0.4) is 0 Å². The summed E-state index contributed by atoms with van der Waals surface area (Å²) in [6.07, 6.45) is 1.12. The summed E-state index contributed by atoms with van der Waals surface area (Å²) in [5, 5.41) is 27.6. The van der Waals surface area contributed by atoms with Crippen molar-refractivity contribution in [3.05, 3.63) is 104 Å². The predicted octanol–water partition coefficient (Wildman–Crippen LogP) is 6.60. The van der Waals surface area contributed by atoms with Gasteiger partial charge in [0, 0.05) is 79.3 Å². The summed E-state index contributed by atoms with van der Waals surface area (Å²) in [5.41, 5.74) is 8.04. The van der Waals surface area contributed by atoms with E-state index in [1.807, 2.05) is 100 Å². The third-order valence-electron chi connectivity index (χ3n) is 14.9. The number of aliphatic hydroxyl groups excluding tert-OH is 1. The number of benzene rings is 2. The number of hydrogen-bond acceptors (Lipinski definition) is 13. The fourth-order valence-corrected chi connectivity index (χ4v) is 12.8. The number of carbonyl (C=O) groups is 4. The number of thiazole rings is 1. The van der Waals surface area contributed by atoms with Gasteiger partial charge in [-0.15, -0.1) is 32.9 Å². The SMILES string of the molecule is Cc1ncsc1-c1ccc(C(C)NC(=O)[C@@H]2C[C@@H](O)CN2C(=O)[C@@H](NC(=O)CN2CCN(C3CCN(C(=O)C[C@@H]4N=C(c5ccc(Cl)cc5)c5c(sc(C)c5C)-n5c(C)nnc54)CC3)CC2)C(C)(C)C)cc1. The molecule has 0 saturated carbocycles. The second-order valence-electron chi connectivity index (χ2n) is 20.9. The van der Waals surface area contributed by atoms with Gasteiger partial charge in [0.05, 0.1) is 46.9 Å². The molecule has 2 aromatic carbocycles. The maximum atomic E-state index is 14.3. The second-order valence-corrected chi connectivity index (χ2v) is 23.4. The zero-order chi connectivity index (χ0) is 51.2. The highest BCUT2D eigenvalue weighted by Gasteiger charge is 2.45. The minimum absolute atomic E-state index is 0.00638. The van der Waals surface area contributed by atoms with Crippen molar-refractivity contribution < 1.29 is 24.3 Å². The number of hydrogen-bond donors (Lipinski definition) is 3. The van der Waals surface area contributed by atoms with Crippen LogP contribution in [0.1, 0.15) is 110 Å². The molecule has 5 atom stereocenters. The van der Waals surface area contributed by atoms with E-state index in [1.54, 1.807) is 22.7 Å². The van der Waals surface area contributed by atoms with Crippen LogP contribution in [0.15, 0.2) is 59.0 Å². The molecule has 16 nitrogen and oxygen atoms in total. The number of likely N-dealkylation sites (tertiary alicyclic amines) is 2. The smallest absolute Gasteiger partial charge is 0.246 e. The molecule has 0 spiro atoms. The third kappa shape index (κ3) is 10.8. The number of fused-ring (bicyclic) bond motifs is 3. The topological polar surface area (TPSA) is 181 Å². The maximum absolute atomic E-state index is 14.3. The number of halogens is 1. The van der Waals surface area contributed by atoms with E-state index in [1.165, 1.54) is 9.78 Å². The normalized spacial score (nSPS) is 20.9. The van der Waals surface area contributed by atoms with Crippen LogP contribution in [0.2, 0.25) is 5.02 Å². The number of aliphatic hydroxyl groups is 1. The van der Waals surface area contributed by atoms with Crippen molar-refractivity contribution >= 4 is 63.6 Å². The molecule has 0 aliphatic carbocycles. The first-order valence-electron chi connectivity index (χ1n) is 25.0. The lowest BCUT2D eigenvalue weighted by Gasteiger charge is -2.43. The molecule has 19 heteroatoms. The fourth-order valence-electron chi connectivity index (χ4n) is 10.6. The number of nitrogens with one attached hydrogen (secondary N) is 2. The molecule has 72 heavy (non-hydrogen) atoms. The van der Waals surface area contributed by atoms with E-state index in [4.69, 9.17) is 16.6 Å². The number of rotatable bonds is 12. The quantitative estimate of drug-likeness (QED) is 0.123. The van der Waals surface area contributed by atoms with Gasteiger partial charge in [-0.3, -0.25) is 38.5 Å². The molecule has 382 valence electrons. The number of aliphatic imine (C=N–C) groups is 1. The maximum Gasteiger partial charge on any atom is 0.246 e. The van der Waals surface area contributed by atoms with E-state index in [-0.39, 0.29) is 55.6 Å². The summed E-state index contributed by atoms with van der Waals surface area (Å²) >= 11 is 9.58. The van der Waals surface area contributed by atoms with Gasteiger partial charge in [-0.1, -0.05) is 68.8 Å². The lowest BCUT2D eigenvalue weighted by molar-refractivity contribution is -0.144. The fraction of sp³-hybridized carbons (Fsp3) is 0.509. The van der Waals surface area contributed by atoms with Crippen LogP contribution in [0.4, 0.5) is 0 Å². The van der Waals surface area contributed by atoms with E-state index >= 15 is 0 Å². The number of aryl methyl sites for hydroxylation is 3. The van der Waals surface area contributed by atoms with Crippen molar-refractivity contribution in [2.24, 2.45) is 10.4 Å². The predicted molar refractivity (Wildman–Crippen MR) is 282 cm³/mol. The van der Waals surface area contributed by atoms with Gasteiger partial charge in [0.25, 0.3) is 0 Å². The Hall–Kier alpha value is -5.37. The molecule has 7 heterocycles. The summed E-state index contributed by atoms with van der Waals surface area (Å²) in [4.78, 5) is 76.0. The van der Waals surface area contributed by atoms with Gasteiger partial charge in [-0.2, -0.15) is 0 Å². The Kier molecular flexibility index (Phi) is 15.2. The first-order chi connectivity index (χ1) is 34.3. The van der Waals surface area contributed by atoms with E-state index in [0.717, 1.165) is 80.9 Å². The molecule has 3 fully saturated rings. The molecule has 3 aromatic heterocycles. The van der Waals surface area contributed by atoms with E-state index < -0.39 is 29.6 Å². The van der Waals surface area contributed by atoms with Gasteiger partial charge in [0.1, 0.15) is 29.0 Å². The number of nitrogens with zero attached hydrogens (tertiary/aromatic N) is 9. The van der Waals surface area contributed by atoms with Gasteiger partial charge in [0.2, 0.25) is 23.6 Å². The molecule has 5 aromatic rings. The Bertz CT molecular complexity index is 2840. The Morgan fingerprint density at radius 1 is 0.889 bits per heavy atom. The van der Waals surface area contributed by atoms with Gasteiger partial charge >= 0.3 is 0 Å². The Labute approximate surface area is 434 Å². The van der Waals surface area contributed by atoms with Crippen molar-refractivity contribution in [3.63, 3.8) is 0 Å². The lowest BCUT2D eigenvalue weighted by atomic mass is 9.85. The summed E-state index contributed by atoms with van der Waals surface area (Å²) in [6.45, 7) is 20.1. The molecule has 4 aliphatic heterocycles. The van der Waals surface area contributed by atoms with Crippen LogP contribution in [0.5, 0.6) is 0 Å². The van der Waals surface area contributed by atoms with Crippen LogP contribution in [-0.4, -0.2) is 150 Å². The number of aromatic nitrogens is 4. The minimum Gasteiger partial charge on any atom is -0.391 e. The number of carbonyl (C=O) groups excluding carboxylic acids is 4. The van der Waals surface area contributed by atoms with Crippen molar-refractivity contribution in [2.75, 3.05) is 52.4 Å². The van der Waals surface area contributed by atoms with Crippen LogP contribution in [0.25, 0.3) is 15.4 Å². The first-order valence-corrected chi connectivity index (χ1v) is 27.1. The average Bonchev–Trinajstić information content (AvgIpc) is 4.13. The summed E-state index contributed by atoms with van der Waals surface area (Å²) < 4.78 is 2.08. The second kappa shape index (κ2) is 21.2. The summed E-state index contributed by atoms with van der Waals surface area (Å²) in [5.74, 6) is 0.473. The molecule has 4 aliphatic rings. The Morgan fingerprint density at radius 3 is 2.22 bits per heavy atom. The molecular weight excluding hydrogens is 970 g/mol.